The number of rotatable bonds is 11. The second kappa shape index (κ2) is 21.2. The highest BCUT2D eigenvalue weighted by molar-refractivity contribution is 5.89. The summed E-state index contributed by atoms with van der Waals surface area (Å²) in [7, 11) is 2.00. The number of amides is 1. The second-order valence-electron chi connectivity index (χ2n) is 9.85. The number of H-pyrrole nitrogens is 1. The summed E-state index contributed by atoms with van der Waals surface area (Å²) >= 11 is 0. The lowest BCUT2D eigenvalue weighted by atomic mass is 10.1. The van der Waals surface area contributed by atoms with Crippen molar-refractivity contribution in [2.75, 3.05) is 31.6 Å². The van der Waals surface area contributed by atoms with E-state index < -0.39 is 0 Å². The standard InChI is InChI=1S/C14H27N3O3.C13H17N3O2.C3H8/c1-6-15-12(18)8-7-9-13(19)20-14(16-10(2)3)17-11(4)5;1-4-16(3)9-6-7-10-11(8-9)13(18-5-2)15-14-12(10)17;1-3-2/h10-11H,6-9H2,1-5H3,(H,15,18)(H,16,17);6-8H,4-5H2,1-3H3,(H,14,17);3H2,1-2H3. The lowest BCUT2D eigenvalue weighted by Gasteiger charge is -2.17. The van der Waals surface area contributed by atoms with E-state index >= 15 is 0 Å². The quantitative estimate of drug-likeness (QED) is 0.197. The van der Waals surface area contributed by atoms with Crippen molar-refractivity contribution in [3.05, 3.63) is 28.6 Å². The van der Waals surface area contributed by atoms with Gasteiger partial charge in [-0.15, -0.1) is 5.10 Å². The van der Waals surface area contributed by atoms with Crippen molar-refractivity contribution < 1.29 is 19.1 Å². The number of benzene rings is 1. The molecule has 1 amide bonds. The van der Waals surface area contributed by atoms with Crippen LogP contribution < -0.4 is 25.8 Å². The maximum atomic E-state index is 11.7. The highest BCUT2D eigenvalue weighted by Crippen LogP contribution is 2.25. The minimum Gasteiger partial charge on any atom is -0.477 e. The summed E-state index contributed by atoms with van der Waals surface area (Å²) in [6, 6.07) is 6.09. The van der Waals surface area contributed by atoms with Crippen molar-refractivity contribution in [2.24, 2.45) is 4.99 Å². The third-order valence-corrected chi connectivity index (χ3v) is 5.09. The molecule has 0 spiro atoms. The van der Waals surface area contributed by atoms with Gasteiger partial charge in [-0.05, 0) is 73.1 Å². The predicted octanol–water partition coefficient (Wildman–Crippen LogP) is 4.79. The van der Waals surface area contributed by atoms with E-state index in [0.717, 1.165) is 17.6 Å². The topological polar surface area (TPSA) is 138 Å². The lowest BCUT2D eigenvalue weighted by Crippen LogP contribution is -2.34. The molecule has 41 heavy (non-hydrogen) atoms. The van der Waals surface area contributed by atoms with E-state index in [1.165, 1.54) is 6.42 Å². The number of aliphatic imine (C=N–C) groups is 1. The number of anilines is 1. The van der Waals surface area contributed by atoms with Gasteiger partial charge in [0.2, 0.25) is 11.8 Å². The summed E-state index contributed by atoms with van der Waals surface area (Å²) in [5, 5.41) is 13.4. The summed E-state index contributed by atoms with van der Waals surface area (Å²) in [5.74, 6) is 0.0528. The first-order valence-electron chi connectivity index (χ1n) is 14.6. The first kappa shape index (κ1) is 37.4. The molecule has 3 N–H and O–H groups in total. The van der Waals surface area contributed by atoms with Crippen LogP contribution in [0.25, 0.3) is 10.8 Å². The van der Waals surface area contributed by atoms with Gasteiger partial charge in [-0.1, -0.05) is 20.3 Å². The predicted molar refractivity (Wildman–Crippen MR) is 168 cm³/mol. The van der Waals surface area contributed by atoms with E-state index in [1.807, 2.05) is 60.7 Å². The van der Waals surface area contributed by atoms with Crippen LogP contribution in [0.15, 0.2) is 28.0 Å². The average Bonchev–Trinajstić information content (AvgIpc) is 2.90. The van der Waals surface area contributed by atoms with Crippen LogP contribution in [0.3, 0.4) is 0 Å². The molecule has 0 aliphatic heterocycles. The van der Waals surface area contributed by atoms with E-state index in [1.54, 1.807) is 6.07 Å². The number of hydrogen-bond donors (Lipinski definition) is 3. The van der Waals surface area contributed by atoms with Gasteiger partial charge in [-0.25, -0.2) is 10.1 Å². The number of aromatic nitrogens is 2. The molecular weight excluding hydrogens is 524 g/mol. The Kier molecular flexibility index (Phi) is 19.3. The minimum absolute atomic E-state index is 0.0411. The van der Waals surface area contributed by atoms with Crippen molar-refractivity contribution in [1.82, 2.24) is 20.8 Å². The van der Waals surface area contributed by atoms with Gasteiger partial charge in [0.1, 0.15) is 0 Å². The van der Waals surface area contributed by atoms with Crippen molar-refractivity contribution in [3.8, 4) is 5.88 Å². The van der Waals surface area contributed by atoms with Crippen LogP contribution in [-0.4, -0.2) is 66.9 Å². The summed E-state index contributed by atoms with van der Waals surface area (Å²) < 4.78 is 10.6. The van der Waals surface area contributed by atoms with Gasteiger partial charge >= 0.3 is 5.97 Å². The summed E-state index contributed by atoms with van der Waals surface area (Å²) in [6.07, 6.45) is 2.26. The molecule has 0 unspecified atom stereocenters. The number of hydrogen-bond acceptors (Lipinski definition) is 8. The SMILES string of the molecule is CCC.CCNC(=O)CCCC(=O)OC(=NC(C)C)NC(C)C.CCOc1n[nH]c(=O)c2ccc(N(C)CC)cc12. The molecule has 1 aromatic carbocycles. The molecule has 0 fully saturated rings. The van der Waals surface area contributed by atoms with Gasteiger partial charge in [0, 0.05) is 50.7 Å². The fourth-order valence-corrected chi connectivity index (χ4v) is 3.21. The van der Waals surface area contributed by atoms with E-state index in [2.05, 4.69) is 51.5 Å². The monoisotopic (exact) mass is 576 g/mol. The zero-order chi connectivity index (χ0) is 31.4. The van der Waals surface area contributed by atoms with Crippen LogP contribution in [0.2, 0.25) is 0 Å². The molecule has 11 nitrogen and oxygen atoms in total. The Morgan fingerprint density at radius 2 is 1.71 bits per heavy atom. The Morgan fingerprint density at radius 1 is 1.05 bits per heavy atom. The van der Waals surface area contributed by atoms with Crippen molar-refractivity contribution in [2.45, 2.75) is 100 Å². The number of aromatic amines is 1. The molecule has 232 valence electrons. The number of amidine groups is 1. The Labute approximate surface area is 245 Å². The van der Waals surface area contributed by atoms with E-state index in [-0.39, 0.29) is 42.0 Å². The molecule has 0 radical (unpaired) electrons. The van der Waals surface area contributed by atoms with Gasteiger partial charge in [-0.2, -0.15) is 0 Å². The van der Waals surface area contributed by atoms with Gasteiger partial charge in [0.05, 0.1) is 17.4 Å². The van der Waals surface area contributed by atoms with Gasteiger partial charge in [0.15, 0.2) is 0 Å². The van der Waals surface area contributed by atoms with Crippen LogP contribution >= 0.6 is 0 Å². The Bertz CT molecular complexity index is 1130. The Morgan fingerprint density at radius 3 is 2.24 bits per heavy atom. The maximum absolute atomic E-state index is 11.7. The van der Waals surface area contributed by atoms with Crippen LogP contribution in [-0.2, 0) is 14.3 Å². The van der Waals surface area contributed by atoms with Crippen LogP contribution in [0, 0.1) is 0 Å². The van der Waals surface area contributed by atoms with E-state index in [9.17, 15) is 14.4 Å². The first-order valence-corrected chi connectivity index (χ1v) is 14.6. The van der Waals surface area contributed by atoms with Crippen LogP contribution in [0.1, 0.15) is 88.0 Å². The van der Waals surface area contributed by atoms with Gasteiger partial charge in [-0.3, -0.25) is 14.4 Å². The first-order chi connectivity index (χ1) is 19.4. The maximum Gasteiger partial charge on any atom is 0.313 e. The molecular formula is C30H52N6O5. The zero-order valence-corrected chi connectivity index (χ0v) is 26.7. The number of nitrogens with one attached hydrogen (secondary N) is 3. The molecule has 0 aliphatic rings. The van der Waals surface area contributed by atoms with Gasteiger partial charge in [0.25, 0.3) is 11.6 Å². The minimum atomic E-state index is -0.373. The highest BCUT2D eigenvalue weighted by Gasteiger charge is 2.12. The smallest absolute Gasteiger partial charge is 0.313 e. The molecule has 0 aliphatic carbocycles. The number of carbonyl (C=O) groups is 2. The second-order valence-corrected chi connectivity index (χ2v) is 9.85. The molecule has 0 bridgehead atoms. The number of ether oxygens (including phenoxy) is 2. The third kappa shape index (κ3) is 15.7. The Hall–Kier alpha value is -3.63. The van der Waals surface area contributed by atoms with Crippen molar-refractivity contribution in [3.63, 3.8) is 0 Å². The lowest BCUT2D eigenvalue weighted by molar-refractivity contribution is -0.136. The van der Waals surface area contributed by atoms with Crippen LogP contribution in [0.5, 0.6) is 5.88 Å². The molecule has 1 aromatic heterocycles. The molecule has 11 heteroatoms. The third-order valence-electron chi connectivity index (χ3n) is 5.09. The number of fused-ring (bicyclic) bond motifs is 1. The highest BCUT2D eigenvalue weighted by atomic mass is 16.6. The average molecular weight is 577 g/mol. The fourth-order valence-electron chi connectivity index (χ4n) is 3.21. The molecule has 1 heterocycles. The molecule has 2 aromatic rings. The number of carbonyl (C=O) groups excluding carboxylic acids is 2. The summed E-state index contributed by atoms with van der Waals surface area (Å²) in [4.78, 5) is 40.9. The largest absolute Gasteiger partial charge is 0.477 e. The summed E-state index contributed by atoms with van der Waals surface area (Å²) in [5.41, 5.74) is 0.845. The van der Waals surface area contributed by atoms with Crippen molar-refractivity contribution in [1.29, 1.82) is 0 Å². The fraction of sp³-hybridized carbons (Fsp3) is 0.633. The Balaban J connectivity index is 0.000000713. The van der Waals surface area contributed by atoms with Crippen LogP contribution in [0.4, 0.5) is 5.69 Å². The molecule has 0 saturated heterocycles. The van der Waals surface area contributed by atoms with Crippen molar-refractivity contribution >= 4 is 34.4 Å². The van der Waals surface area contributed by atoms with E-state index in [4.69, 9.17) is 9.47 Å². The molecule has 2 rings (SSSR count). The number of esters is 1. The molecule has 0 atom stereocenters. The normalized spacial score (nSPS) is 10.8. The summed E-state index contributed by atoms with van der Waals surface area (Å²) in [6.45, 7) is 19.8. The van der Waals surface area contributed by atoms with Gasteiger partial charge < -0.3 is 25.0 Å². The zero-order valence-electron chi connectivity index (χ0n) is 26.7. The van der Waals surface area contributed by atoms with E-state index in [0.29, 0.717) is 37.3 Å². The molecule has 0 saturated carbocycles. The number of nitrogens with zero attached hydrogens (tertiary/aromatic N) is 3.